The topological polar surface area (TPSA) is 91.7 Å². The summed E-state index contributed by atoms with van der Waals surface area (Å²) in [7, 11) is 0. The predicted octanol–water partition coefficient (Wildman–Crippen LogP) is 5.54. The number of benzene rings is 2. The molecule has 9 heteroatoms. The van der Waals surface area contributed by atoms with Gasteiger partial charge < -0.3 is 15.0 Å². The summed E-state index contributed by atoms with van der Waals surface area (Å²) < 4.78 is 8.06. The van der Waals surface area contributed by atoms with Gasteiger partial charge in [-0.15, -0.1) is 0 Å². The highest BCUT2D eigenvalue weighted by Gasteiger charge is 2.30. The second-order valence-electron chi connectivity index (χ2n) is 13.3. The fourth-order valence-electron chi connectivity index (χ4n) is 6.05. The molecule has 0 unspecified atom stereocenters. The highest BCUT2D eigenvalue weighted by Crippen LogP contribution is 2.36. The zero-order valence-electron chi connectivity index (χ0n) is 25.9. The zero-order chi connectivity index (χ0) is 30.1. The number of aromatic nitrogens is 2. The van der Waals surface area contributed by atoms with Gasteiger partial charge >= 0.3 is 6.03 Å². The fourth-order valence-corrected chi connectivity index (χ4v) is 6.05. The molecule has 1 saturated carbocycles. The van der Waals surface area contributed by atoms with Crippen LogP contribution in [0.2, 0.25) is 0 Å². The Morgan fingerprint density at radius 2 is 1.84 bits per heavy atom. The van der Waals surface area contributed by atoms with Gasteiger partial charge in [-0.2, -0.15) is 5.10 Å². The molecule has 0 radical (unpaired) electrons. The van der Waals surface area contributed by atoms with Crippen molar-refractivity contribution in [1.82, 2.24) is 19.6 Å². The van der Waals surface area contributed by atoms with E-state index in [1.807, 2.05) is 59.0 Å². The van der Waals surface area contributed by atoms with Crippen LogP contribution in [0.5, 0.6) is 5.75 Å². The van der Waals surface area contributed by atoms with Gasteiger partial charge in [0.05, 0.1) is 17.9 Å². The maximum absolute atomic E-state index is 13.3. The van der Waals surface area contributed by atoms with Crippen LogP contribution < -0.4 is 15.4 Å². The highest BCUT2D eigenvalue weighted by atomic mass is 16.5. The first-order chi connectivity index (χ1) is 20.7. The lowest BCUT2D eigenvalue weighted by Gasteiger charge is -2.34. The SMILES string of the molecule is Cc1ccccc1-n1nc(C(C)(C)C)cc1NC(=O)Nc1ccc(OCCN2CCN(CC3CC3)C(=O)C2)c2c1CCC2. The molecule has 0 atom stereocenters. The van der Waals surface area contributed by atoms with E-state index in [0.717, 1.165) is 85.3 Å². The molecule has 2 fully saturated rings. The number of rotatable bonds is 9. The molecule has 9 nitrogen and oxygen atoms in total. The van der Waals surface area contributed by atoms with Gasteiger partial charge in [-0.25, -0.2) is 9.48 Å². The van der Waals surface area contributed by atoms with Crippen molar-refractivity contribution in [3.63, 3.8) is 0 Å². The van der Waals surface area contributed by atoms with Crippen LogP contribution in [0.15, 0.2) is 42.5 Å². The largest absolute Gasteiger partial charge is 0.492 e. The van der Waals surface area contributed by atoms with Crippen LogP contribution in [0.25, 0.3) is 5.69 Å². The molecule has 3 aliphatic rings. The molecule has 2 N–H and O–H groups in total. The summed E-state index contributed by atoms with van der Waals surface area (Å²) in [6.45, 7) is 12.8. The summed E-state index contributed by atoms with van der Waals surface area (Å²) in [5.74, 6) is 2.47. The van der Waals surface area contributed by atoms with Crippen molar-refractivity contribution in [3.05, 3.63) is 64.8 Å². The number of para-hydroxylation sites is 1. The molecule has 0 bridgehead atoms. The Balaban J connectivity index is 1.09. The van der Waals surface area contributed by atoms with E-state index in [2.05, 4.69) is 36.3 Å². The van der Waals surface area contributed by atoms with Crippen LogP contribution in [0.3, 0.4) is 0 Å². The van der Waals surface area contributed by atoms with E-state index in [-0.39, 0.29) is 17.4 Å². The van der Waals surface area contributed by atoms with Crippen molar-refractivity contribution in [2.45, 2.75) is 65.2 Å². The fraction of sp³-hybridized carbons (Fsp3) is 0.500. The summed E-state index contributed by atoms with van der Waals surface area (Å²) in [5, 5.41) is 11.0. The average molecular weight is 585 g/mol. The van der Waals surface area contributed by atoms with Gasteiger partial charge in [0.15, 0.2) is 0 Å². The number of nitrogens with zero attached hydrogens (tertiary/aromatic N) is 4. The molecular weight excluding hydrogens is 540 g/mol. The van der Waals surface area contributed by atoms with Crippen LogP contribution in [-0.2, 0) is 23.1 Å². The van der Waals surface area contributed by atoms with Crippen LogP contribution in [0.4, 0.5) is 16.3 Å². The van der Waals surface area contributed by atoms with E-state index in [0.29, 0.717) is 19.0 Å². The van der Waals surface area contributed by atoms with Crippen molar-refractivity contribution >= 4 is 23.4 Å². The Labute approximate surface area is 254 Å². The molecular formula is C34H44N6O3. The first kappa shape index (κ1) is 29.2. The Morgan fingerprint density at radius 1 is 1.05 bits per heavy atom. The number of nitrogens with one attached hydrogen (secondary N) is 2. The Hall–Kier alpha value is -3.85. The normalized spacial score (nSPS) is 17.2. The van der Waals surface area contributed by atoms with Crippen LogP contribution in [0.1, 0.15) is 62.4 Å². The van der Waals surface area contributed by atoms with Crippen molar-refractivity contribution in [2.75, 3.05) is 50.0 Å². The number of urea groups is 1. The van der Waals surface area contributed by atoms with Gasteiger partial charge in [0.1, 0.15) is 18.2 Å². The minimum Gasteiger partial charge on any atom is -0.492 e. The van der Waals surface area contributed by atoms with Crippen LogP contribution >= 0.6 is 0 Å². The van der Waals surface area contributed by atoms with E-state index < -0.39 is 0 Å². The molecule has 1 aliphatic heterocycles. The smallest absolute Gasteiger partial charge is 0.324 e. The van der Waals surface area contributed by atoms with Crippen molar-refractivity contribution in [3.8, 4) is 11.4 Å². The van der Waals surface area contributed by atoms with Crippen LogP contribution in [0, 0.1) is 12.8 Å². The van der Waals surface area contributed by atoms with Gasteiger partial charge in [0.2, 0.25) is 5.91 Å². The second kappa shape index (κ2) is 12.0. The van der Waals surface area contributed by atoms with Gasteiger partial charge in [0.25, 0.3) is 0 Å². The summed E-state index contributed by atoms with van der Waals surface area (Å²) in [6.07, 6.45) is 5.38. The number of hydrogen-bond acceptors (Lipinski definition) is 5. The number of fused-ring (bicyclic) bond motifs is 1. The molecule has 3 aromatic rings. The molecule has 1 aromatic heterocycles. The second-order valence-corrected chi connectivity index (χ2v) is 13.3. The van der Waals surface area contributed by atoms with Gasteiger partial charge in [-0.1, -0.05) is 39.0 Å². The summed E-state index contributed by atoms with van der Waals surface area (Å²) in [4.78, 5) is 30.1. The average Bonchev–Trinajstić information content (AvgIpc) is 3.45. The number of carbonyl (C=O) groups excluding carboxylic acids is 2. The monoisotopic (exact) mass is 584 g/mol. The molecule has 2 heterocycles. The maximum Gasteiger partial charge on any atom is 0.324 e. The molecule has 43 heavy (non-hydrogen) atoms. The standard InChI is InChI=1S/C34H44N6O3/c1-23-8-5-6-11-28(23)40-31(20-30(37-40)34(2,3)4)36-33(42)35-27-14-15-29(26-10-7-9-25(26)27)43-19-18-38-16-17-39(32(41)22-38)21-24-12-13-24/h5-6,8,11,14-15,20,24H,7,9-10,12-13,16-19,21-22H2,1-4H3,(H2,35,36,42). The Morgan fingerprint density at radius 3 is 2.58 bits per heavy atom. The molecule has 2 aromatic carbocycles. The maximum atomic E-state index is 13.3. The number of aryl methyl sites for hydroxylation is 1. The third-order valence-electron chi connectivity index (χ3n) is 8.79. The lowest BCUT2D eigenvalue weighted by molar-refractivity contribution is -0.136. The summed E-state index contributed by atoms with van der Waals surface area (Å²) in [5.41, 5.74) is 5.86. The molecule has 3 amide bonds. The molecule has 6 rings (SSSR count). The van der Waals surface area contributed by atoms with Gasteiger partial charge in [-0.05, 0) is 79.8 Å². The van der Waals surface area contributed by atoms with E-state index >= 15 is 0 Å². The van der Waals surface area contributed by atoms with Crippen molar-refractivity contribution in [1.29, 1.82) is 0 Å². The van der Waals surface area contributed by atoms with E-state index in [1.165, 1.54) is 18.4 Å². The minimum absolute atomic E-state index is 0.169. The van der Waals surface area contributed by atoms with E-state index in [1.54, 1.807) is 0 Å². The minimum atomic E-state index is -0.302. The highest BCUT2D eigenvalue weighted by molar-refractivity contribution is 6.00. The Kier molecular flexibility index (Phi) is 8.18. The lowest BCUT2D eigenvalue weighted by atomic mass is 9.92. The molecule has 228 valence electrons. The van der Waals surface area contributed by atoms with E-state index in [9.17, 15) is 9.59 Å². The van der Waals surface area contributed by atoms with Crippen LogP contribution in [-0.4, -0.2) is 70.8 Å². The number of piperazine rings is 1. The quantitative estimate of drug-likeness (QED) is 0.345. The molecule has 2 aliphatic carbocycles. The van der Waals surface area contributed by atoms with Crippen molar-refractivity contribution < 1.29 is 14.3 Å². The first-order valence-corrected chi connectivity index (χ1v) is 15.7. The van der Waals surface area contributed by atoms with Gasteiger partial charge in [-0.3, -0.25) is 15.0 Å². The van der Waals surface area contributed by atoms with Gasteiger partial charge in [0, 0.05) is 43.3 Å². The number of amides is 3. The lowest BCUT2D eigenvalue weighted by Crippen LogP contribution is -2.51. The first-order valence-electron chi connectivity index (χ1n) is 15.7. The zero-order valence-corrected chi connectivity index (χ0v) is 25.9. The number of anilines is 2. The van der Waals surface area contributed by atoms with Crippen molar-refractivity contribution in [2.24, 2.45) is 5.92 Å². The summed E-state index contributed by atoms with van der Waals surface area (Å²) in [6, 6.07) is 13.6. The number of carbonyl (C=O) groups is 2. The predicted molar refractivity (Wildman–Crippen MR) is 169 cm³/mol. The number of ether oxygens (including phenoxy) is 1. The van der Waals surface area contributed by atoms with E-state index in [4.69, 9.17) is 9.84 Å². The number of hydrogen-bond donors (Lipinski definition) is 2. The third-order valence-corrected chi connectivity index (χ3v) is 8.79. The third kappa shape index (κ3) is 6.72. The summed E-state index contributed by atoms with van der Waals surface area (Å²) >= 11 is 0. The molecule has 1 saturated heterocycles. The Bertz CT molecular complexity index is 1500. The molecule has 0 spiro atoms.